The molecule has 254 valence electrons. The summed E-state index contributed by atoms with van der Waals surface area (Å²) in [6.45, 7) is 5.64. The van der Waals surface area contributed by atoms with Gasteiger partial charge in [-0.1, -0.05) is 91.7 Å². The minimum atomic E-state index is -4.34. The van der Waals surface area contributed by atoms with E-state index in [1.54, 1.807) is 48.5 Å². The van der Waals surface area contributed by atoms with Crippen molar-refractivity contribution in [2.45, 2.75) is 44.7 Å². The number of nitrogens with zero attached hydrogens (tertiary/aromatic N) is 2. The molecule has 11 heteroatoms. The van der Waals surface area contributed by atoms with Gasteiger partial charge in [-0.25, -0.2) is 8.42 Å². The highest BCUT2D eigenvalue weighted by Gasteiger charge is 2.35. The molecule has 0 aromatic heterocycles. The van der Waals surface area contributed by atoms with Gasteiger partial charge < -0.3 is 19.7 Å². The predicted molar refractivity (Wildman–Crippen MR) is 189 cm³/mol. The third kappa shape index (κ3) is 9.08. The van der Waals surface area contributed by atoms with Gasteiger partial charge in [-0.15, -0.1) is 0 Å². The Hall–Kier alpha value is -4.54. The maximum absolute atomic E-state index is 14.6. The minimum absolute atomic E-state index is 0.0246. The fourth-order valence-corrected chi connectivity index (χ4v) is 6.76. The number of benzene rings is 4. The first kappa shape index (κ1) is 36.3. The van der Waals surface area contributed by atoms with Crippen LogP contribution >= 0.6 is 11.6 Å². The van der Waals surface area contributed by atoms with Crippen molar-refractivity contribution < 1.29 is 27.5 Å². The summed E-state index contributed by atoms with van der Waals surface area (Å²) in [7, 11) is -1.46. The van der Waals surface area contributed by atoms with Crippen LogP contribution in [0.3, 0.4) is 0 Å². The second-order valence-electron chi connectivity index (χ2n) is 11.8. The zero-order valence-electron chi connectivity index (χ0n) is 27.9. The summed E-state index contributed by atoms with van der Waals surface area (Å²) in [6, 6.07) is 26.6. The lowest BCUT2D eigenvalue weighted by molar-refractivity contribution is -0.140. The van der Waals surface area contributed by atoms with E-state index in [4.69, 9.17) is 21.1 Å². The quantitative estimate of drug-likeness (QED) is 0.158. The monoisotopic (exact) mass is 691 g/mol. The molecule has 1 unspecified atom stereocenters. The Balaban J connectivity index is 1.83. The van der Waals surface area contributed by atoms with Gasteiger partial charge in [-0.05, 0) is 54.3 Å². The molecule has 0 spiro atoms. The lowest BCUT2D eigenvalue weighted by atomic mass is 10.0. The molecule has 4 aromatic rings. The van der Waals surface area contributed by atoms with Crippen molar-refractivity contribution in [3.8, 4) is 11.5 Å². The number of carbonyl (C=O) groups is 2. The second-order valence-corrected chi connectivity index (χ2v) is 14.1. The third-order valence-corrected chi connectivity index (χ3v) is 9.94. The standard InChI is InChI=1S/C37H42ClN3O6S/c1-26(2)23-39-37(43)33(21-28-11-7-6-8-12-28)40(24-29-13-9-10-14-32(29)38)36(42)25-41(30-17-15-27(3)16-18-30)48(44,45)31-19-20-34(46-4)35(22-31)47-5/h6-20,22,26,33H,21,23-25H2,1-5H3,(H,39,43). The van der Waals surface area contributed by atoms with E-state index in [2.05, 4.69) is 5.32 Å². The molecule has 0 saturated heterocycles. The summed E-state index contributed by atoms with van der Waals surface area (Å²) in [5, 5.41) is 3.41. The Morgan fingerprint density at radius 3 is 2.12 bits per heavy atom. The fraction of sp³-hybridized carbons (Fsp3) is 0.297. The molecule has 4 rings (SSSR count). The first-order chi connectivity index (χ1) is 22.9. The highest BCUT2D eigenvalue weighted by atomic mass is 35.5. The zero-order valence-corrected chi connectivity index (χ0v) is 29.4. The van der Waals surface area contributed by atoms with Gasteiger partial charge in [0.25, 0.3) is 10.0 Å². The fourth-order valence-electron chi connectivity index (χ4n) is 5.13. The number of methoxy groups -OCH3 is 2. The number of anilines is 1. The van der Waals surface area contributed by atoms with E-state index in [-0.39, 0.29) is 41.1 Å². The van der Waals surface area contributed by atoms with Crippen LogP contribution in [-0.2, 0) is 32.6 Å². The van der Waals surface area contributed by atoms with Crippen LogP contribution in [0.5, 0.6) is 11.5 Å². The number of rotatable bonds is 15. The van der Waals surface area contributed by atoms with E-state index in [9.17, 15) is 18.0 Å². The van der Waals surface area contributed by atoms with Crippen LogP contribution in [0.25, 0.3) is 0 Å². The van der Waals surface area contributed by atoms with E-state index < -0.39 is 28.5 Å². The lowest BCUT2D eigenvalue weighted by Crippen LogP contribution is -2.53. The van der Waals surface area contributed by atoms with Gasteiger partial charge >= 0.3 is 0 Å². The molecular formula is C37H42ClN3O6S. The summed E-state index contributed by atoms with van der Waals surface area (Å²) in [5.41, 5.74) is 2.66. The number of nitrogens with one attached hydrogen (secondary N) is 1. The minimum Gasteiger partial charge on any atom is -0.493 e. The van der Waals surface area contributed by atoms with Gasteiger partial charge in [0, 0.05) is 30.6 Å². The van der Waals surface area contributed by atoms with Gasteiger partial charge in [0.1, 0.15) is 12.6 Å². The zero-order chi connectivity index (χ0) is 34.8. The normalized spacial score (nSPS) is 11.9. The molecule has 9 nitrogen and oxygen atoms in total. The second kappa shape index (κ2) is 16.5. The van der Waals surface area contributed by atoms with Crippen molar-refractivity contribution in [3.63, 3.8) is 0 Å². The number of amides is 2. The maximum Gasteiger partial charge on any atom is 0.264 e. The average Bonchev–Trinajstić information content (AvgIpc) is 3.08. The summed E-state index contributed by atoms with van der Waals surface area (Å²) in [5.74, 6) is -0.184. The van der Waals surface area contributed by atoms with E-state index in [1.165, 1.54) is 37.3 Å². The van der Waals surface area contributed by atoms with Crippen LogP contribution in [0.15, 0.2) is 102 Å². The first-order valence-corrected chi connectivity index (χ1v) is 17.4. The SMILES string of the molecule is COc1ccc(S(=O)(=O)N(CC(=O)N(Cc2ccccc2Cl)C(Cc2ccccc2)C(=O)NCC(C)C)c2ccc(C)cc2)cc1OC. The largest absolute Gasteiger partial charge is 0.493 e. The highest BCUT2D eigenvalue weighted by Crippen LogP contribution is 2.33. The van der Waals surface area contributed by atoms with Gasteiger partial charge in [0.05, 0.1) is 24.8 Å². The number of halogens is 1. The Kier molecular flexibility index (Phi) is 12.5. The number of hydrogen-bond acceptors (Lipinski definition) is 6. The smallest absolute Gasteiger partial charge is 0.264 e. The van der Waals surface area contributed by atoms with Crippen LogP contribution in [0.1, 0.15) is 30.5 Å². The number of ether oxygens (including phenoxy) is 2. The molecule has 0 radical (unpaired) electrons. The predicted octanol–water partition coefficient (Wildman–Crippen LogP) is 6.27. The highest BCUT2D eigenvalue weighted by molar-refractivity contribution is 7.92. The summed E-state index contributed by atoms with van der Waals surface area (Å²) in [6.07, 6.45) is 0.202. The molecule has 0 bridgehead atoms. The summed E-state index contributed by atoms with van der Waals surface area (Å²) in [4.78, 5) is 29.9. The van der Waals surface area contributed by atoms with Crippen molar-refractivity contribution in [2.75, 3.05) is 31.6 Å². The van der Waals surface area contributed by atoms with Gasteiger partial charge in [0.2, 0.25) is 11.8 Å². The molecule has 0 aliphatic heterocycles. The van der Waals surface area contributed by atoms with Crippen LogP contribution in [0.2, 0.25) is 5.02 Å². The topological polar surface area (TPSA) is 105 Å². The number of hydrogen-bond donors (Lipinski definition) is 1. The van der Waals surface area contributed by atoms with Gasteiger partial charge in [-0.2, -0.15) is 0 Å². The van der Waals surface area contributed by atoms with Crippen molar-refractivity contribution in [3.05, 3.63) is 119 Å². The molecule has 0 fully saturated rings. The van der Waals surface area contributed by atoms with E-state index in [0.717, 1.165) is 15.4 Å². The van der Waals surface area contributed by atoms with Gasteiger partial charge in [-0.3, -0.25) is 13.9 Å². The molecule has 0 aliphatic rings. The first-order valence-electron chi connectivity index (χ1n) is 15.6. The molecule has 1 N–H and O–H groups in total. The van der Waals surface area contributed by atoms with E-state index in [1.807, 2.05) is 51.1 Å². The Morgan fingerprint density at radius 1 is 0.854 bits per heavy atom. The molecule has 2 amide bonds. The average molecular weight is 692 g/mol. The molecular weight excluding hydrogens is 650 g/mol. The van der Waals surface area contributed by atoms with Crippen molar-refractivity contribution >= 4 is 39.1 Å². The lowest BCUT2D eigenvalue weighted by Gasteiger charge is -2.34. The molecule has 0 heterocycles. The molecule has 1 atom stereocenters. The summed E-state index contributed by atoms with van der Waals surface area (Å²) < 4.78 is 40.5. The Labute approximate surface area is 288 Å². The molecule has 4 aromatic carbocycles. The van der Waals surface area contributed by atoms with E-state index >= 15 is 0 Å². The Bertz CT molecular complexity index is 1800. The third-order valence-electron chi connectivity index (χ3n) is 7.80. The number of aryl methyl sites for hydroxylation is 1. The summed E-state index contributed by atoms with van der Waals surface area (Å²) >= 11 is 6.58. The maximum atomic E-state index is 14.6. The van der Waals surface area contributed by atoms with Crippen LogP contribution < -0.4 is 19.1 Å². The van der Waals surface area contributed by atoms with Crippen molar-refractivity contribution in [1.82, 2.24) is 10.2 Å². The van der Waals surface area contributed by atoms with Crippen LogP contribution in [-0.4, -0.2) is 58.5 Å². The van der Waals surface area contributed by atoms with E-state index in [0.29, 0.717) is 22.9 Å². The molecule has 48 heavy (non-hydrogen) atoms. The Morgan fingerprint density at radius 2 is 1.50 bits per heavy atom. The van der Waals surface area contributed by atoms with Crippen LogP contribution in [0, 0.1) is 12.8 Å². The van der Waals surface area contributed by atoms with Gasteiger partial charge in [0.15, 0.2) is 11.5 Å². The van der Waals surface area contributed by atoms with Crippen LogP contribution in [0.4, 0.5) is 5.69 Å². The number of sulfonamides is 1. The van der Waals surface area contributed by atoms with Crippen molar-refractivity contribution in [1.29, 1.82) is 0 Å². The van der Waals surface area contributed by atoms with Crippen molar-refractivity contribution in [2.24, 2.45) is 5.92 Å². The number of carbonyl (C=O) groups excluding carboxylic acids is 2. The molecule has 0 saturated carbocycles. The molecule has 0 aliphatic carbocycles.